The third kappa shape index (κ3) is 5.32. The second-order valence-corrected chi connectivity index (χ2v) is 9.04. The molecule has 2 amide bonds. The van der Waals surface area contributed by atoms with E-state index in [2.05, 4.69) is 22.2 Å². The van der Waals surface area contributed by atoms with E-state index >= 15 is 0 Å². The average molecular weight is 440 g/mol. The molecule has 0 aliphatic carbocycles. The number of nitrogens with zero attached hydrogens (tertiary/aromatic N) is 4. The first kappa shape index (κ1) is 21.5. The smallest absolute Gasteiger partial charge is 0.245 e. The van der Waals surface area contributed by atoms with Crippen molar-refractivity contribution in [2.45, 2.75) is 32.2 Å². The number of amides is 2. The van der Waals surface area contributed by atoms with Gasteiger partial charge in [-0.3, -0.25) is 14.0 Å². The Labute approximate surface area is 186 Å². The maximum atomic E-state index is 13.2. The second-order valence-electron chi connectivity index (χ2n) is 8.20. The van der Waals surface area contributed by atoms with E-state index in [0.717, 1.165) is 35.0 Å². The molecule has 0 radical (unpaired) electrons. The van der Waals surface area contributed by atoms with Crippen LogP contribution < -0.4 is 5.32 Å². The summed E-state index contributed by atoms with van der Waals surface area (Å²) >= 11 is 1.58. The van der Waals surface area contributed by atoms with Crippen LogP contribution in [-0.4, -0.2) is 70.3 Å². The molecule has 4 rings (SSSR count). The number of thiazole rings is 1. The molecule has 164 valence electrons. The van der Waals surface area contributed by atoms with E-state index in [4.69, 9.17) is 0 Å². The first-order chi connectivity index (χ1) is 15.0. The van der Waals surface area contributed by atoms with Gasteiger partial charge in [-0.1, -0.05) is 30.3 Å². The number of hydrogen-bond acceptors (Lipinski definition) is 5. The van der Waals surface area contributed by atoms with Gasteiger partial charge in [-0.2, -0.15) is 0 Å². The lowest BCUT2D eigenvalue weighted by Crippen LogP contribution is -2.55. The van der Waals surface area contributed by atoms with Crippen LogP contribution in [0.2, 0.25) is 0 Å². The number of fused-ring (bicyclic) bond motifs is 1. The molecule has 2 aromatic heterocycles. The van der Waals surface area contributed by atoms with Crippen LogP contribution in [0.5, 0.6) is 0 Å². The quantitative estimate of drug-likeness (QED) is 0.612. The lowest BCUT2D eigenvalue weighted by molar-refractivity contribution is -0.137. The molecule has 1 aromatic carbocycles. The van der Waals surface area contributed by atoms with Crippen molar-refractivity contribution in [2.75, 3.05) is 33.2 Å². The van der Waals surface area contributed by atoms with Gasteiger partial charge in [0, 0.05) is 56.3 Å². The van der Waals surface area contributed by atoms with Crippen LogP contribution in [0.4, 0.5) is 0 Å². The molecule has 0 spiro atoms. The predicted molar refractivity (Wildman–Crippen MR) is 122 cm³/mol. The number of aromatic nitrogens is 2. The Bertz CT molecular complexity index is 1040. The van der Waals surface area contributed by atoms with Gasteiger partial charge in [0.2, 0.25) is 11.8 Å². The molecule has 1 aliphatic heterocycles. The van der Waals surface area contributed by atoms with Gasteiger partial charge in [0.1, 0.15) is 6.04 Å². The fraction of sp³-hybridized carbons (Fsp3) is 0.435. The van der Waals surface area contributed by atoms with E-state index in [9.17, 15) is 9.59 Å². The van der Waals surface area contributed by atoms with Gasteiger partial charge in [0.25, 0.3) is 0 Å². The molecule has 1 atom stereocenters. The highest BCUT2D eigenvalue weighted by molar-refractivity contribution is 7.15. The summed E-state index contributed by atoms with van der Waals surface area (Å²) in [6, 6.07) is 9.34. The number of hydrogen-bond donors (Lipinski definition) is 1. The highest BCUT2D eigenvalue weighted by Crippen LogP contribution is 2.18. The Morgan fingerprint density at radius 1 is 1.16 bits per heavy atom. The zero-order valence-corrected chi connectivity index (χ0v) is 18.9. The van der Waals surface area contributed by atoms with Gasteiger partial charge < -0.3 is 15.1 Å². The summed E-state index contributed by atoms with van der Waals surface area (Å²) in [7, 11) is 2.06. The number of nitrogens with one attached hydrogen (secondary N) is 1. The van der Waals surface area contributed by atoms with Gasteiger partial charge in [0.15, 0.2) is 4.96 Å². The van der Waals surface area contributed by atoms with Gasteiger partial charge >= 0.3 is 0 Å². The van der Waals surface area contributed by atoms with Crippen LogP contribution >= 0.6 is 11.3 Å². The number of carbonyl (C=O) groups is 2. The second kappa shape index (κ2) is 9.62. The number of benzene rings is 1. The van der Waals surface area contributed by atoms with Gasteiger partial charge in [-0.25, -0.2) is 4.98 Å². The molecular formula is C23H29N5O2S. The van der Waals surface area contributed by atoms with Crippen molar-refractivity contribution in [3.05, 3.63) is 58.9 Å². The number of likely N-dealkylation sites (N-methyl/N-ethyl adjacent to an activating group) is 1. The Kier molecular flexibility index (Phi) is 6.67. The highest BCUT2D eigenvalue weighted by atomic mass is 32.1. The van der Waals surface area contributed by atoms with E-state index in [1.54, 1.807) is 11.3 Å². The molecular weight excluding hydrogens is 410 g/mol. The van der Waals surface area contributed by atoms with E-state index in [1.165, 1.54) is 0 Å². The minimum Gasteiger partial charge on any atom is -0.344 e. The minimum atomic E-state index is -0.545. The van der Waals surface area contributed by atoms with Crippen LogP contribution in [-0.2, 0) is 22.4 Å². The van der Waals surface area contributed by atoms with Gasteiger partial charge in [-0.15, -0.1) is 11.3 Å². The summed E-state index contributed by atoms with van der Waals surface area (Å²) in [4.78, 5) is 35.5. The molecule has 31 heavy (non-hydrogen) atoms. The fourth-order valence-electron chi connectivity index (χ4n) is 3.93. The molecule has 1 N–H and O–H groups in total. The lowest BCUT2D eigenvalue weighted by Gasteiger charge is -2.34. The first-order valence-corrected chi connectivity index (χ1v) is 11.6. The van der Waals surface area contributed by atoms with E-state index in [0.29, 0.717) is 32.4 Å². The molecule has 1 fully saturated rings. The standard InChI is InChI=1S/C23H29N5O2S/c1-17-15-28-19(16-31-23(28)24-17)8-9-21(29)25-20(14-18-6-4-3-5-7-18)22(30)27-12-10-26(2)11-13-27/h3-7,15-16,20H,8-14H2,1-2H3,(H,25,29). The SMILES string of the molecule is Cc1cn2c(CCC(=O)NC(Cc3ccccc3)C(=O)N3CCN(C)CC3)csc2n1. The Morgan fingerprint density at radius 2 is 1.90 bits per heavy atom. The van der Waals surface area contributed by atoms with Crippen molar-refractivity contribution >= 4 is 28.1 Å². The van der Waals surface area contributed by atoms with Gasteiger partial charge in [-0.05, 0) is 26.0 Å². The summed E-state index contributed by atoms with van der Waals surface area (Å²) in [6.45, 7) is 5.08. The van der Waals surface area contributed by atoms with Crippen molar-refractivity contribution in [3.8, 4) is 0 Å². The molecule has 1 unspecified atom stereocenters. The summed E-state index contributed by atoms with van der Waals surface area (Å²) in [5.41, 5.74) is 3.09. The van der Waals surface area contributed by atoms with Crippen molar-refractivity contribution in [1.29, 1.82) is 0 Å². The van der Waals surface area contributed by atoms with Crippen molar-refractivity contribution in [3.63, 3.8) is 0 Å². The van der Waals surface area contributed by atoms with Gasteiger partial charge in [0.05, 0.1) is 5.69 Å². The van der Waals surface area contributed by atoms with Crippen LogP contribution in [0.1, 0.15) is 23.4 Å². The Hall–Kier alpha value is -2.71. The van der Waals surface area contributed by atoms with Crippen LogP contribution in [0.15, 0.2) is 41.9 Å². The summed E-state index contributed by atoms with van der Waals surface area (Å²) in [5.74, 6) is -0.0898. The number of imidazole rings is 1. The van der Waals surface area contributed by atoms with Crippen molar-refractivity contribution in [1.82, 2.24) is 24.5 Å². The largest absolute Gasteiger partial charge is 0.344 e. The maximum Gasteiger partial charge on any atom is 0.245 e. The predicted octanol–water partition coefficient (Wildman–Crippen LogP) is 2.14. The molecule has 3 heterocycles. The maximum absolute atomic E-state index is 13.2. The molecule has 0 saturated carbocycles. The van der Waals surface area contributed by atoms with Crippen molar-refractivity contribution < 1.29 is 9.59 Å². The number of aryl methyl sites for hydroxylation is 2. The number of rotatable bonds is 7. The lowest BCUT2D eigenvalue weighted by atomic mass is 10.0. The first-order valence-electron chi connectivity index (χ1n) is 10.7. The average Bonchev–Trinajstić information content (AvgIpc) is 3.31. The molecule has 8 heteroatoms. The number of piperazine rings is 1. The van der Waals surface area contributed by atoms with Crippen LogP contribution in [0.25, 0.3) is 4.96 Å². The molecule has 3 aromatic rings. The summed E-state index contributed by atoms with van der Waals surface area (Å²) < 4.78 is 2.05. The van der Waals surface area contributed by atoms with E-state index in [-0.39, 0.29) is 11.8 Å². The van der Waals surface area contributed by atoms with Crippen LogP contribution in [0, 0.1) is 6.92 Å². The fourth-order valence-corrected chi connectivity index (χ4v) is 4.88. The molecule has 1 saturated heterocycles. The monoisotopic (exact) mass is 439 g/mol. The normalized spacial score (nSPS) is 15.9. The van der Waals surface area contributed by atoms with Crippen molar-refractivity contribution in [2.24, 2.45) is 0 Å². The summed E-state index contributed by atoms with van der Waals surface area (Å²) in [5, 5.41) is 5.07. The van der Waals surface area contributed by atoms with Crippen LogP contribution in [0.3, 0.4) is 0 Å². The minimum absolute atomic E-state index is 0.00783. The highest BCUT2D eigenvalue weighted by Gasteiger charge is 2.28. The third-order valence-corrected chi connectivity index (χ3v) is 6.63. The number of carbonyl (C=O) groups excluding carboxylic acids is 2. The Morgan fingerprint density at radius 3 is 2.65 bits per heavy atom. The van der Waals surface area contributed by atoms with E-state index in [1.807, 2.05) is 58.1 Å². The zero-order chi connectivity index (χ0) is 21.8. The summed E-state index contributed by atoms with van der Waals surface area (Å²) in [6.07, 6.45) is 3.45. The third-order valence-electron chi connectivity index (χ3n) is 5.74. The molecule has 0 bridgehead atoms. The topological polar surface area (TPSA) is 70.0 Å². The Balaban J connectivity index is 1.41. The molecule has 1 aliphatic rings. The molecule has 7 nitrogen and oxygen atoms in total. The van der Waals surface area contributed by atoms with E-state index < -0.39 is 6.04 Å². The zero-order valence-electron chi connectivity index (χ0n) is 18.1.